The number of halogens is 1. The fraction of sp³-hybridized carbons (Fsp3) is 0.310. The Morgan fingerprint density at radius 3 is 2.60 bits per heavy atom. The molecule has 0 aliphatic heterocycles. The van der Waals surface area contributed by atoms with Crippen LogP contribution in [0.5, 0.6) is 17.2 Å². The topological polar surface area (TPSA) is 132 Å². The van der Waals surface area contributed by atoms with Crippen molar-refractivity contribution in [3.63, 3.8) is 0 Å². The second-order valence-corrected chi connectivity index (χ2v) is 11.6. The number of benzene rings is 2. The summed E-state index contributed by atoms with van der Waals surface area (Å²) in [6.07, 6.45) is 6.39. The molecular formula is C29H29FN6O5S. The van der Waals surface area contributed by atoms with Crippen LogP contribution >= 0.6 is 0 Å². The lowest BCUT2D eigenvalue weighted by Gasteiger charge is -2.25. The first-order valence-electron chi connectivity index (χ1n) is 13.1. The molecule has 0 bridgehead atoms. The molecular weight excluding hydrogens is 563 g/mol. The first kappa shape index (κ1) is 28.8. The van der Waals surface area contributed by atoms with E-state index in [0.29, 0.717) is 23.5 Å². The molecule has 2 aromatic carbocycles. The van der Waals surface area contributed by atoms with Crippen molar-refractivity contribution in [1.29, 1.82) is 5.26 Å². The molecule has 4 aromatic rings. The molecule has 2 aromatic heterocycles. The van der Waals surface area contributed by atoms with Crippen LogP contribution in [0.25, 0.3) is 0 Å². The van der Waals surface area contributed by atoms with E-state index < -0.39 is 20.7 Å². The molecule has 0 amide bonds. The van der Waals surface area contributed by atoms with Gasteiger partial charge in [-0.1, -0.05) is 0 Å². The number of rotatable bonds is 10. The van der Waals surface area contributed by atoms with Gasteiger partial charge in [-0.3, -0.25) is 4.68 Å². The van der Waals surface area contributed by atoms with Gasteiger partial charge in [-0.05, 0) is 43.5 Å². The monoisotopic (exact) mass is 592 g/mol. The van der Waals surface area contributed by atoms with Crippen LogP contribution in [0.1, 0.15) is 42.0 Å². The predicted molar refractivity (Wildman–Crippen MR) is 150 cm³/mol. The molecule has 1 fully saturated rings. The van der Waals surface area contributed by atoms with Crippen molar-refractivity contribution in [1.82, 2.24) is 19.7 Å². The number of sulfonamides is 1. The van der Waals surface area contributed by atoms with Gasteiger partial charge >= 0.3 is 0 Å². The van der Waals surface area contributed by atoms with E-state index in [4.69, 9.17) is 14.2 Å². The average molecular weight is 593 g/mol. The minimum Gasteiger partial charge on any atom is -0.497 e. The van der Waals surface area contributed by atoms with Crippen LogP contribution in [0.2, 0.25) is 0 Å². The third-order valence-corrected chi connectivity index (χ3v) is 9.09. The van der Waals surface area contributed by atoms with Gasteiger partial charge in [0.05, 0.1) is 26.3 Å². The Kier molecular flexibility index (Phi) is 8.26. The minimum absolute atomic E-state index is 0.00301. The second kappa shape index (κ2) is 12.0. The molecule has 0 radical (unpaired) electrons. The molecule has 1 saturated carbocycles. The zero-order valence-electron chi connectivity index (χ0n) is 23.3. The maximum atomic E-state index is 15.7. The SMILES string of the molecule is COc1ccc(CN(c2ccncn2)S(=O)(=O)c2cc(C#N)c(O[C@H]3CCC[C@@H]3c3ccnn3C)cc2F)c(OC)c1. The van der Waals surface area contributed by atoms with Gasteiger partial charge in [0.25, 0.3) is 10.0 Å². The van der Waals surface area contributed by atoms with Gasteiger partial charge in [-0.2, -0.15) is 10.4 Å². The molecule has 0 N–H and O–H groups in total. The van der Waals surface area contributed by atoms with Crippen molar-refractivity contribution in [3.05, 3.63) is 83.8 Å². The normalized spacial score (nSPS) is 16.5. The van der Waals surface area contributed by atoms with E-state index in [2.05, 4.69) is 15.1 Å². The quantitative estimate of drug-likeness (QED) is 0.264. The number of nitrogens with zero attached hydrogens (tertiary/aromatic N) is 6. The Labute approximate surface area is 243 Å². The van der Waals surface area contributed by atoms with Crippen molar-refractivity contribution < 1.29 is 27.0 Å². The molecule has 2 atom stereocenters. The fourth-order valence-electron chi connectivity index (χ4n) is 5.21. The molecule has 0 saturated heterocycles. The second-order valence-electron chi connectivity index (χ2n) is 9.72. The van der Waals surface area contributed by atoms with E-state index in [1.807, 2.05) is 19.2 Å². The van der Waals surface area contributed by atoms with Crippen molar-refractivity contribution in [3.8, 4) is 23.3 Å². The fourth-order valence-corrected chi connectivity index (χ4v) is 6.68. The number of aromatic nitrogens is 4. The number of aryl methyl sites for hydroxylation is 1. The Balaban J connectivity index is 1.52. The summed E-state index contributed by atoms with van der Waals surface area (Å²) in [6.45, 7) is -0.249. The van der Waals surface area contributed by atoms with E-state index in [-0.39, 0.29) is 35.7 Å². The number of nitriles is 1. The van der Waals surface area contributed by atoms with E-state index in [0.717, 1.165) is 35.0 Å². The third-order valence-electron chi connectivity index (χ3n) is 7.32. The Morgan fingerprint density at radius 1 is 1.10 bits per heavy atom. The van der Waals surface area contributed by atoms with E-state index in [9.17, 15) is 13.7 Å². The molecule has 218 valence electrons. The standard InChI is InChI=1S/C29H29FN6O5S/c1-35-24(9-12-34-35)22-5-4-6-25(22)41-27-15-23(30)28(13-20(27)16-31)42(37,38)36(29-10-11-32-18-33-29)17-19-7-8-21(39-2)14-26(19)40-3/h7-15,18,22,25H,4-6,17H2,1-3H3/t22-,25+/m1/s1. The highest BCUT2D eigenvalue weighted by Crippen LogP contribution is 2.39. The zero-order valence-corrected chi connectivity index (χ0v) is 24.1. The highest BCUT2D eigenvalue weighted by Gasteiger charge is 2.35. The van der Waals surface area contributed by atoms with Crippen LogP contribution < -0.4 is 18.5 Å². The van der Waals surface area contributed by atoms with Crippen LogP contribution in [-0.2, 0) is 23.6 Å². The first-order chi connectivity index (χ1) is 20.3. The van der Waals surface area contributed by atoms with Gasteiger partial charge in [0.2, 0.25) is 0 Å². The molecule has 5 rings (SSSR count). The number of hydrogen-bond acceptors (Lipinski definition) is 9. The van der Waals surface area contributed by atoms with Gasteiger partial charge in [0.15, 0.2) is 0 Å². The number of ether oxygens (including phenoxy) is 3. The lowest BCUT2D eigenvalue weighted by molar-refractivity contribution is 0.185. The van der Waals surface area contributed by atoms with Gasteiger partial charge in [0.1, 0.15) is 52.3 Å². The maximum Gasteiger partial charge on any atom is 0.268 e. The van der Waals surface area contributed by atoms with Gasteiger partial charge in [0, 0.05) is 54.8 Å². The summed E-state index contributed by atoms with van der Waals surface area (Å²) in [5, 5.41) is 14.2. The minimum atomic E-state index is -4.59. The van der Waals surface area contributed by atoms with Crippen molar-refractivity contribution in [2.45, 2.75) is 42.7 Å². The molecule has 0 unspecified atom stereocenters. The molecule has 13 heteroatoms. The first-order valence-corrected chi connectivity index (χ1v) is 14.6. The van der Waals surface area contributed by atoms with E-state index >= 15 is 4.39 Å². The van der Waals surface area contributed by atoms with Crippen LogP contribution in [-0.4, -0.2) is 48.5 Å². The van der Waals surface area contributed by atoms with Crippen LogP contribution in [0.4, 0.5) is 10.2 Å². The maximum absolute atomic E-state index is 15.7. The van der Waals surface area contributed by atoms with Crippen LogP contribution in [0.3, 0.4) is 0 Å². The highest BCUT2D eigenvalue weighted by atomic mass is 32.2. The lowest BCUT2D eigenvalue weighted by Crippen LogP contribution is -2.32. The summed E-state index contributed by atoms with van der Waals surface area (Å²) >= 11 is 0. The van der Waals surface area contributed by atoms with Gasteiger partial charge in [-0.25, -0.2) is 27.1 Å². The highest BCUT2D eigenvalue weighted by molar-refractivity contribution is 7.92. The summed E-state index contributed by atoms with van der Waals surface area (Å²) in [4.78, 5) is 7.29. The molecule has 1 aliphatic rings. The predicted octanol–water partition coefficient (Wildman–Crippen LogP) is 4.35. The van der Waals surface area contributed by atoms with Gasteiger partial charge in [-0.15, -0.1) is 0 Å². The lowest BCUT2D eigenvalue weighted by atomic mass is 10.0. The summed E-state index contributed by atoms with van der Waals surface area (Å²) in [5.41, 5.74) is 1.35. The summed E-state index contributed by atoms with van der Waals surface area (Å²) in [7, 11) is 0.202. The summed E-state index contributed by atoms with van der Waals surface area (Å²) in [5.74, 6) is -0.183. The van der Waals surface area contributed by atoms with Crippen molar-refractivity contribution in [2.75, 3.05) is 18.5 Å². The van der Waals surface area contributed by atoms with Crippen molar-refractivity contribution >= 4 is 15.8 Å². The van der Waals surface area contributed by atoms with E-state index in [1.165, 1.54) is 32.8 Å². The molecule has 0 spiro atoms. The van der Waals surface area contributed by atoms with Crippen molar-refractivity contribution in [2.24, 2.45) is 7.05 Å². The average Bonchev–Trinajstić information content (AvgIpc) is 3.64. The molecule has 1 aliphatic carbocycles. The Bertz CT molecular complexity index is 1720. The number of anilines is 1. The number of methoxy groups -OCH3 is 2. The van der Waals surface area contributed by atoms with Crippen LogP contribution in [0, 0.1) is 17.1 Å². The molecule has 42 heavy (non-hydrogen) atoms. The largest absolute Gasteiger partial charge is 0.497 e. The number of hydrogen-bond donors (Lipinski definition) is 0. The Hall–Kier alpha value is -4.70. The zero-order chi connectivity index (χ0) is 29.9. The Morgan fingerprint density at radius 2 is 1.93 bits per heavy atom. The van der Waals surface area contributed by atoms with Crippen LogP contribution in [0.15, 0.2) is 66.1 Å². The summed E-state index contributed by atoms with van der Waals surface area (Å²) in [6, 6.07) is 12.2. The third kappa shape index (κ3) is 5.58. The summed E-state index contributed by atoms with van der Waals surface area (Å²) < 4.78 is 63.4. The van der Waals surface area contributed by atoms with E-state index in [1.54, 1.807) is 29.1 Å². The van der Waals surface area contributed by atoms with Gasteiger partial charge < -0.3 is 14.2 Å². The molecule has 2 heterocycles. The molecule has 11 nitrogen and oxygen atoms in total. The smallest absolute Gasteiger partial charge is 0.268 e.